The number of rotatable bonds is 7. The van der Waals surface area contributed by atoms with E-state index >= 15 is 0 Å². The SMILES string of the molecule is N[C@@H](CCCNc1nccc(-c2ccc(F)cc2)n1)C(=O)O. The highest BCUT2D eigenvalue weighted by Gasteiger charge is 2.10. The molecule has 1 aromatic carbocycles. The van der Waals surface area contributed by atoms with Crippen LogP contribution in [0.5, 0.6) is 0 Å². The van der Waals surface area contributed by atoms with E-state index < -0.39 is 12.0 Å². The molecule has 22 heavy (non-hydrogen) atoms. The second-order valence-electron chi connectivity index (χ2n) is 4.79. The number of carbonyl (C=O) groups is 1. The lowest BCUT2D eigenvalue weighted by atomic mass is 10.1. The van der Waals surface area contributed by atoms with Crippen LogP contribution in [0.1, 0.15) is 12.8 Å². The van der Waals surface area contributed by atoms with Crippen LogP contribution in [0.4, 0.5) is 10.3 Å². The molecule has 1 heterocycles. The number of carboxylic acids is 1. The number of carboxylic acid groups (broad SMARTS) is 1. The monoisotopic (exact) mass is 304 g/mol. The lowest BCUT2D eigenvalue weighted by Gasteiger charge is -2.08. The fourth-order valence-electron chi connectivity index (χ4n) is 1.87. The van der Waals surface area contributed by atoms with Gasteiger partial charge in [0.05, 0.1) is 5.69 Å². The minimum atomic E-state index is -1.01. The highest BCUT2D eigenvalue weighted by atomic mass is 19.1. The molecule has 0 aliphatic rings. The summed E-state index contributed by atoms with van der Waals surface area (Å²) in [6.07, 6.45) is 2.58. The van der Waals surface area contributed by atoms with Crippen LogP contribution < -0.4 is 11.1 Å². The molecule has 0 saturated heterocycles. The molecule has 0 spiro atoms. The van der Waals surface area contributed by atoms with Gasteiger partial charge in [0.1, 0.15) is 11.9 Å². The molecule has 1 atom stereocenters. The number of nitrogens with zero attached hydrogens (tertiary/aromatic N) is 2. The Morgan fingerprint density at radius 2 is 2.05 bits per heavy atom. The van der Waals surface area contributed by atoms with Crippen LogP contribution in [-0.4, -0.2) is 33.6 Å². The van der Waals surface area contributed by atoms with Gasteiger partial charge in [-0.1, -0.05) is 0 Å². The summed E-state index contributed by atoms with van der Waals surface area (Å²) in [5.74, 6) is -0.869. The fourth-order valence-corrected chi connectivity index (χ4v) is 1.87. The third-order valence-electron chi connectivity index (χ3n) is 3.09. The number of halogens is 1. The Kier molecular flexibility index (Phi) is 5.37. The third-order valence-corrected chi connectivity index (χ3v) is 3.09. The van der Waals surface area contributed by atoms with Gasteiger partial charge in [0.25, 0.3) is 0 Å². The molecule has 0 fully saturated rings. The van der Waals surface area contributed by atoms with E-state index in [9.17, 15) is 9.18 Å². The second-order valence-corrected chi connectivity index (χ2v) is 4.79. The number of hydrogen-bond donors (Lipinski definition) is 3. The molecule has 116 valence electrons. The molecule has 2 rings (SSSR count). The summed E-state index contributed by atoms with van der Waals surface area (Å²) in [6, 6.07) is 6.92. The first-order chi connectivity index (χ1) is 10.6. The maximum absolute atomic E-state index is 12.9. The van der Waals surface area contributed by atoms with Crippen LogP contribution >= 0.6 is 0 Å². The predicted octanol–water partition coefficient (Wildman–Crippen LogP) is 1.89. The average molecular weight is 304 g/mol. The molecule has 7 heteroatoms. The van der Waals surface area contributed by atoms with Crippen molar-refractivity contribution < 1.29 is 14.3 Å². The third kappa shape index (κ3) is 4.49. The summed E-state index contributed by atoms with van der Waals surface area (Å²) in [7, 11) is 0. The van der Waals surface area contributed by atoms with Gasteiger partial charge < -0.3 is 16.2 Å². The van der Waals surface area contributed by atoms with Gasteiger partial charge in [0.2, 0.25) is 5.95 Å². The molecule has 0 saturated carbocycles. The van der Waals surface area contributed by atoms with Crippen molar-refractivity contribution in [1.29, 1.82) is 0 Å². The standard InChI is InChI=1S/C15H17FN4O2/c16-11-5-3-10(4-6-11)13-7-9-19-15(20-13)18-8-1-2-12(17)14(21)22/h3-7,9,12H,1-2,8,17H2,(H,21,22)(H,18,19,20)/t12-/m0/s1. The summed E-state index contributed by atoms with van der Waals surface area (Å²) in [6.45, 7) is 0.522. The fraction of sp³-hybridized carbons (Fsp3) is 0.267. The van der Waals surface area contributed by atoms with Crippen LogP contribution in [0.15, 0.2) is 36.5 Å². The van der Waals surface area contributed by atoms with E-state index in [1.54, 1.807) is 24.4 Å². The van der Waals surface area contributed by atoms with Crippen molar-refractivity contribution in [3.8, 4) is 11.3 Å². The van der Waals surface area contributed by atoms with Crippen LogP contribution in [0, 0.1) is 5.82 Å². The van der Waals surface area contributed by atoms with E-state index in [2.05, 4.69) is 15.3 Å². The molecule has 0 aliphatic heterocycles. The maximum atomic E-state index is 12.9. The van der Waals surface area contributed by atoms with Crippen molar-refractivity contribution in [1.82, 2.24) is 9.97 Å². The minimum Gasteiger partial charge on any atom is -0.480 e. The molecule has 0 unspecified atom stereocenters. The Balaban J connectivity index is 1.92. The predicted molar refractivity (Wildman–Crippen MR) is 80.8 cm³/mol. The van der Waals surface area contributed by atoms with Gasteiger partial charge >= 0.3 is 5.97 Å². The van der Waals surface area contributed by atoms with Crippen LogP contribution in [0.25, 0.3) is 11.3 Å². The Hall–Kier alpha value is -2.54. The first kappa shape index (κ1) is 15.8. The topological polar surface area (TPSA) is 101 Å². The van der Waals surface area contributed by atoms with Gasteiger partial charge in [-0.25, -0.2) is 14.4 Å². The zero-order valence-electron chi connectivity index (χ0n) is 11.9. The molecule has 0 radical (unpaired) electrons. The van der Waals surface area contributed by atoms with Crippen LogP contribution in [-0.2, 0) is 4.79 Å². The van der Waals surface area contributed by atoms with Crippen LogP contribution in [0.3, 0.4) is 0 Å². The largest absolute Gasteiger partial charge is 0.480 e. The zero-order valence-corrected chi connectivity index (χ0v) is 11.9. The molecule has 4 N–H and O–H groups in total. The average Bonchev–Trinajstić information content (AvgIpc) is 2.52. The number of aliphatic carboxylic acids is 1. The molecule has 0 amide bonds. The summed E-state index contributed by atoms with van der Waals surface area (Å²) in [4.78, 5) is 19.0. The van der Waals surface area contributed by atoms with Crippen molar-refractivity contribution in [3.05, 3.63) is 42.3 Å². The van der Waals surface area contributed by atoms with Gasteiger partial charge in [0, 0.05) is 18.3 Å². The van der Waals surface area contributed by atoms with Crippen molar-refractivity contribution in [2.75, 3.05) is 11.9 Å². The number of nitrogens with one attached hydrogen (secondary N) is 1. The van der Waals surface area contributed by atoms with E-state index in [1.807, 2.05) is 0 Å². The number of benzene rings is 1. The van der Waals surface area contributed by atoms with E-state index in [0.717, 1.165) is 5.56 Å². The first-order valence-corrected chi connectivity index (χ1v) is 6.87. The molecular formula is C15H17FN4O2. The van der Waals surface area contributed by atoms with E-state index in [1.165, 1.54) is 12.1 Å². The summed E-state index contributed by atoms with van der Waals surface area (Å²) >= 11 is 0. The molecule has 0 bridgehead atoms. The van der Waals surface area contributed by atoms with Gasteiger partial charge in [0.15, 0.2) is 0 Å². The number of nitrogens with two attached hydrogens (primary N) is 1. The number of hydrogen-bond acceptors (Lipinski definition) is 5. The smallest absolute Gasteiger partial charge is 0.320 e. The molecule has 1 aromatic heterocycles. The summed E-state index contributed by atoms with van der Waals surface area (Å²) in [5.41, 5.74) is 6.89. The number of aromatic nitrogens is 2. The van der Waals surface area contributed by atoms with Crippen molar-refractivity contribution in [3.63, 3.8) is 0 Å². The second kappa shape index (κ2) is 7.46. The minimum absolute atomic E-state index is 0.300. The Morgan fingerprint density at radius 3 is 2.73 bits per heavy atom. The zero-order chi connectivity index (χ0) is 15.9. The summed E-state index contributed by atoms with van der Waals surface area (Å²) < 4.78 is 12.9. The Bertz CT molecular complexity index is 634. The Labute approximate surface area is 127 Å². The van der Waals surface area contributed by atoms with Crippen molar-refractivity contribution in [2.45, 2.75) is 18.9 Å². The van der Waals surface area contributed by atoms with Crippen molar-refractivity contribution in [2.24, 2.45) is 5.73 Å². The van der Waals surface area contributed by atoms with Gasteiger partial charge in [-0.2, -0.15) is 0 Å². The van der Waals surface area contributed by atoms with E-state index in [-0.39, 0.29) is 5.82 Å². The highest BCUT2D eigenvalue weighted by molar-refractivity contribution is 5.72. The number of anilines is 1. The van der Waals surface area contributed by atoms with Crippen molar-refractivity contribution >= 4 is 11.9 Å². The summed E-state index contributed by atoms with van der Waals surface area (Å²) in [5, 5.41) is 11.7. The van der Waals surface area contributed by atoms with E-state index in [0.29, 0.717) is 31.0 Å². The Morgan fingerprint density at radius 1 is 1.32 bits per heavy atom. The van der Waals surface area contributed by atoms with Gasteiger partial charge in [-0.3, -0.25) is 4.79 Å². The quantitative estimate of drug-likeness (QED) is 0.675. The molecular weight excluding hydrogens is 287 g/mol. The maximum Gasteiger partial charge on any atom is 0.320 e. The lowest BCUT2D eigenvalue weighted by molar-refractivity contribution is -0.138. The van der Waals surface area contributed by atoms with Crippen LogP contribution in [0.2, 0.25) is 0 Å². The normalized spacial score (nSPS) is 11.9. The first-order valence-electron chi connectivity index (χ1n) is 6.87. The van der Waals surface area contributed by atoms with E-state index in [4.69, 9.17) is 10.8 Å². The molecule has 0 aliphatic carbocycles. The van der Waals surface area contributed by atoms with Gasteiger partial charge in [-0.15, -0.1) is 0 Å². The lowest BCUT2D eigenvalue weighted by Crippen LogP contribution is -2.30. The van der Waals surface area contributed by atoms with Gasteiger partial charge in [-0.05, 0) is 43.2 Å². The molecule has 2 aromatic rings. The molecule has 6 nitrogen and oxygen atoms in total. The highest BCUT2D eigenvalue weighted by Crippen LogP contribution is 2.17.